The Morgan fingerprint density at radius 1 is 0.975 bits per heavy atom. The van der Waals surface area contributed by atoms with Gasteiger partial charge in [0.25, 0.3) is 0 Å². The van der Waals surface area contributed by atoms with Gasteiger partial charge in [-0.2, -0.15) is 0 Å². The maximum absolute atomic E-state index is 11.7. The molecule has 2 aromatic heterocycles. The average molecular weight is 719 g/mol. The Labute approximate surface area is 253 Å². The van der Waals surface area contributed by atoms with E-state index >= 15 is 0 Å². The number of hydrogen-bond donors (Lipinski definition) is 1. The molecule has 1 N–H and O–H groups in total. The number of fused-ring (bicyclic) bond motifs is 2. The summed E-state index contributed by atoms with van der Waals surface area (Å²) in [5.41, 5.74) is 5.06. The second-order valence-corrected chi connectivity index (χ2v) is 11.4. The molecule has 2 aromatic carbocycles. The molecule has 4 nitrogen and oxygen atoms in total. The summed E-state index contributed by atoms with van der Waals surface area (Å²) in [6.45, 7) is 16.8. The molecule has 4 aromatic rings. The molecule has 0 aliphatic heterocycles. The fourth-order valence-electron chi connectivity index (χ4n) is 4.96. The Morgan fingerprint density at radius 2 is 1.60 bits per heavy atom. The number of rotatable bonds is 8. The van der Waals surface area contributed by atoms with Crippen LogP contribution in [0.4, 0.5) is 0 Å². The molecular weight excluding hydrogens is 675 g/mol. The Hall–Kier alpha value is -2.75. The van der Waals surface area contributed by atoms with Gasteiger partial charge in [0.15, 0.2) is 5.78 Å². The summed E-state index contributed by atoms with van der Waals surface area (Å²) in [5, 5.41) is 13.2. The number of pyridine rings is 1. The second-order valence-electron chi connectivity index (χ2n) is 11.4. The van der Waals surface area contributed by atoms with Crippen molar-refractivity contribution in [2.24, 2.45) is 11.8 Å². The first-order chi connectivity index (χ1) is 18.5. The minimum Gasteiger partial charge on any atom is -0.512 e. The second kappa shape index (κ2) is 14.8. The molecule has 40 heavy (non-hydrogen) atoms. The number of aliphatic hydroxyl groups is 1. The van der Waals surface area contributed by atoms with Gasteiger partial charge in [0.05, 0.1) is 12.0 Å². The fraction of sp³-hybridized carbons (Fsp3) is 0.429. The number of allylic oxidation sites excluding steroid dienone is 2. The number of ketones is 1. The number of benzene rings is 2. The van der Waals surface area contributed by atoms with Crippen molar-refractivity contribution in [2.75, 3.05) is 0 Å². The van der Waals surface area contributed by atoms with Crippen LogP contribution in [-0.4, -0.2) is 15.9 Å². The Bertz CT molecular complexity index is 1440. The third-order valence-corrected chi connectivity index (χ3v) is 7.57. The molecule has 0 atom stereocenters. The minimum absolute atomic E-state index is 0. The third kappa shape index (κ3) is 7.92. The molecular formula is C35H44IrNO3-. The molecule has 0 spiro atoms. The van der Waals surface area contributed by atoms with Gasteiger partial charge in [-0.15, -0.1) is 29.1 Å². The number of aryl methyl sites for hydroxylation is 1. The standard InChI is InChI=1S/C22H20NO.C13H24O2.Ir/c1-14-13-24-21-17(14)9-10-20(23-21)16-11-15-7-5-6-8-18(15)19(12-16)22(2,3)4;1-5-10(6-2)12(14)9-13(15)11(7-3)8-4;/h5-10,12-13H,1-4H3;9-11,14H,5-8H2,1-4H3;/q-1;;/b;12-9-;. The van der Waals surface area contributed by atoms with Crippen molar-refractivity contribution < 1.29 is 34.4 Å². The first kappa shape index (κ1) is 33.5. The molecule has 0 aliphatic carbocycles. The van der Waals surface area contributed by atoms with Crippen LogP contribution in [0.5, 0.6) is 0 Å². The van der Waals surface area contributed by atoms with E-state index in [-0.39, 0.29) is 48.9 Å². The number of carbonyl (C=O) groups is 1. The quantitative estimate of drug-likeness (QED) is 0.112. The van der Waals surface area contributed by atoms with Crippen LogP contribution >= 0.6 is 0 Å². The Morgan fingerprint density at radius 3 is 2.20 bits per heavy atom. The first-order valence-electron chi connectivity index (χ1n) is 14.3. The van der Waals surface area contributed by atoms with Crippen LogP contribution in [0.25, 0.3) is 33.1 Å². The first-order valence-corrected chi connectivity index (χ1v) is 14.3. The number of nitrogens with zero attached hydrogens (tertiary/aromatic N) is 1. The van der Waals surface area contributed by atoms with Gasteiger partial charge in [-0.05, 0) is 43.6 Å². The smallest absolute Gasteiger partial charge is 0.219 e. The largest absolute Gasteiger partial charge is 0.512 e. The van der Waals surface area contributed by atoms with Gasteiger partial charge in [-0.3, -0.25) is 9.78 Å². The number of aromatic nitrogens is 1. The zero-order valence-electron chi connectivity index (χ0n) is 25.2. The van der Waals surface area contributed by atoms with Crippen molar-refractivity contribution in [2.45, 2.75) is 86.5 Å². The molecule has 0 saturated heterocycles. The Kier molecular flexibility index (Phi) is 12.3. The predicted octanol–water partition coefficient (Wildman–Crippen LogP) is 9.92. The van der Waals surface area contributed by atoms with Gasteiger partial charge in [0.1, 0.15) is 0 Å². The number of hydrogen-bond acceptors (Lipinski definition) is 4. The average Bonchev–Trinajstić information content (AvgIpc) is 3.29. The van der Waals surface area contributed by atoms with Crippen molar-refractivity contribution in [3.8, 4) is 11.3 Å². The molecule has 0 unspecified atom stereocenters. The van der Waals surface area contributed by atoms with E-state index in [0.717, 1.165) is 53.3 Å². The minimum atomic E-state index is 0. The molecule has 2 heterocycles. The van der Waals surface area contributed by atoms with E-state index in [4.69, 9.17) is 9.40 Å². The van der Waals surface area contributed by atoms with Crippen LogP contribution < -0.4 is 0 Å². The van der Waals surface area contributed by atoms with Crippen LogP contribution in [0.3, 0.4) is 0 Å². The van der Waals surface area contributed by atoms with E-state index in [1.165, 1.54) is 17.0 Å². The van der Waals surface area contributed by atoms with Gasteiger partial charge in [-0.1, -0.05) is 89.7 Å². The van der Waals surface area contributed by atoms with Crippen LogP contribution in [-0.2, 0) is 30.3 Å². The van der Waals surface area contributed by atoms with Crippen molar-refractivity contribution in [3.05, 3.63) is 77.8 Å². The van der Waals surface area contributed by atoms with Crippen LogP contribution in [0.2, 0.25) is 0 Å². The summed E-state index contributed by atoms with van der Waals surface area (Å²) in [5.74, 6) is 0.547. The fourth-order valence-corrected chi connectivity index (χ4v) is 4.96. The SMILES string of the molecule is CCC(CC)C(=O)/C=C(\O)C(CC)CC.Cc1coc2nc(-c3[c-]c4ccccc4c(C(C)(C)C)c3)ccc12.[Ir]. The monoisotopic (exact) mass is 719 g/mol. The van der Waals surface area contributed by atoms with Crippen molar-refractivity contribution in [1.82, 2.24) is 4.98 Å². The maximum Gasteiger partial charge on any atom is 0.219 e. The zero-order chi connectivity index (χ0) is 28.7. The van der Waals surface area contributed by atoms with E-state index in [1.54, 1.807) is 6.26 Å². The summed E-state index contributed by atoms with van der Waals surface area (Å²) in [4.78, 5) is 16.4. The molecule has 4 rings (SSSR count). The van der Waals surface area contributed by atoms with E-state index in [9.17, 15) is 9.90 Å². The Balaban J connectivity index is 0.000000307. The van der Waals surface area contributed by atoms with E-state index < -0.39 is 0 Å². The van der Waals surface area contributed by atoms with Gasteiger partial charge in [0.2, 0.25) is 5.71 Å². The topological polar surface area (TPSA) is 63.3 Å². The summed E-state index contributed by atoms with van der Waals surface area (Å²) < 4.78 is 5.57. The molecule has 217 valence electrons. The van der Waals surface area contributed by atoms with E-state index in [2.05, 4.69) is 69.3 Å². The summed E-state index contributed by atoms with van der Waals surface area (Å²) in [6.07, 6.45) is 6.66. The van der Waals surface area contributed by atoms with E-state index in [0.29, 0.717) is 5.71 Å². The zero-order valence-corrected chi connectivity index (χ0v) is 27.6. The molecule has 0 aliphatic rings. The normalized spacial score (nSPS) is 12.0. The summed E-state index contributed by atoms with van der Waals surface area (Å²) in [6, 6.07) is 18.3. The number of carbonyl (C=O) groups excluding carboxylic acids is 1. The van der Waals surface area contributed by atoms with Crippen LogP contribution in [0, 0.1) is 24.8 Å². The van der Waals surface area contributed by atoms with Crippen molar-refractivity contribution in [3.63, 3.8) is 0 Å². The van der Waals surface area contributed by atoms with Gasteiger partial charge in [-0.25, -0.2) is 0 Å². The molecule has 0 amide bonds. The third-order valence-electron chi connectivity index (χ3n) is 7.57. The van der Waals surface area contributed by atoms with Crippen LogP contribution in [0.1, 0.15) is 85.3 Å². The number of aliphatic hydroxyl groups excluding tert-OH is 1. The van der Waals surface area contributed by atoms with Crippen molar-refractivity contribution >= 4 is 27.7 Å². The molecule has 1 radical (unpaired) electrons. The molecule has 5 heteroatoms. The van der Waals surface area contributed by atoms with Gasteiger partial charge >= 0.3 is 0 Å². The summed E-state index contributed by atoms with van der Waals surface area (Å²) in [7, 11) is 0. The maximum atomic E-state index is 11.7. The van der Waals surface area contributed by atoms with Crippen LogP contribution in [0.15, 0.2) is 65.0 Å². The van der Waals surface area contributed by atoms with Gasteiger partial charge in [0, 0.05) is 49.1 Å². The summed E-state index contributed by atoms with van der Waals surface area (Å²) >= 11 is 0. The number of furan rings is 1. The van der Waals surface area contributed by atoms with E-state index in [1.807, 2.05) is 34.6 Å². The van der Waals surface area contributed by atoms with Gasteiger partial charge < -0.3 is 9.52 Å². The van der Waals surface area contributed by atoms with Crippen molar-refractivity contribution in [1.29, 1.82) is 0 Å². The molecule has 0 bridgehead atoms. The molecule has 0 fully saturated rings. The molecule has 0 saturated carbocycles. The predicted molar refractivity (Wildman–Crippen MR) is 163 cm³/mol.